The lowest BCUT2D eigenvalue weighted by atomic mass is 10.2. The van der Waals surface area contributed by atoms with E-state index in [0.717, 1.165) is 39.1 Å². The van der Waals surface area contributed by atoms with E-state index in [1.807, 2.05) is 6.92 Å². The molecular formula is C26H33ClN6O4. The number of piperazine rings is 1. The van der Waals surface area contributed by atoms with Crippen LogP contribution in [0.3, 0.4) is 0 Å². The first-order chi connectivity index (χ1) is 17.9. The lowest BCUT2D eigenvalue weighted by molar-refractivity contribution is 0.133. The van der Waals surface area contributed by atoms with Crippen LogP contribution in [0.1, 0.15) is 13.3 Å². The maximum atomic E-state index is 11.9. The largest absolute Gasteiger partial charge is 0.493 e. The number of hydrogen-bond donors (Lipinski definition) is 2. The molecule has 1 aromatic heterocycles. The van der Waals surface area contributed by atoms with Gasteiger partial charge in [-0.15, -0.1) is 0 Å². The SMILES string of the molecule is CCCNC(=O)Nc1ccc(Oc2nc(Cl)nc3cc(OCCN4CCN(C)CC4)c(OC)cc23)cc1. The number of fused-ring (bicyclic) bond motifs is 1. The number of likely N-dealkylation sites (N-methyl/N-ethyl adjacent to an activating group) is 1. The van der Waals surface area contributed by atoms with E-state index in [9.17, 15) is 4.79 Å². The average molecular weight is 529 g/mol. The van der Waals surface area contributed by atoms with Gasteiger partial charge in [0.1, 0.15) is 12.4 Å². The molecule has 1 aliphatic heterocycles. The van der Waals surface area contributed by atoms with Crippen LogP contribution in [0.4, 0.5) is 10.5 Å². The summed E-state index contributed by atoms with van der Waals surface area (Å²) < 4.78 is 17.7. The number of carbonyl (C=O) groups is 1. The molecule has 2 aromatic carbocycles. The molecule has 2 heterocycles. The summed E-state index contributed by atoms with van der Waals surface area (Å²) in [4.78, 5) is 25.2. The van der Waals surface area contributed by atoms with Crippen LogP contribution in [-0.4, -0.2) is 85.8 Å². The van der Waals surface area contributed by atoms with Crippen LogP contribution in [0, 0.1) is 0 Å². The molecule has 0 atom stereocenters. The van der Waals surface area contributed by atoms with Crippen LogP contribution >= 0.6 is 11.6 Å². The van der Waals surface area contributed by atoms with E-state index in [1.165, 1.54) is 0 Å². The molecule has 4 rings (SSSR count). The number of ether oxygens (including phenoxy) is 3. The van der Waals surface area contributed by atoms with Gasteiger partial charge in [-0.2, -0.15) is 4.98 Å². The standard InChI is InChI=1S/C26H33ClN6O4/c1-4-9-28-26(34)29-18-5-7-19(8-6-18)37-24-20-16-22(35-3)23(17-21(20)30-25(27)31-24)36-15-14-33-12-10-32(2)11-13-33/h5-8,16-17H,4,9-15H2,1-3H3,(H2,28,29,34). The predicted octanol–water partition coefficient (Wildman–Crippen LogP) is 4.24. The Labute approximate surface area is 221 Å². The molecule has 1 fully saturated rings. The number of benzene rings is 2. The van der Waals surface area contributed by atoms with Gasteiger partial charge in [0.2, 0.25) is 11.2 Å². The molecular weight excluding hydrogens is 496 g/mol. The van der Waals surface area contributed by atoms with Crippen LogP contribution in [-0.2, 0) is 0 Å². The topological polar surface area (TPSA) is 101 Å². The fourth-order valence-electron chi connectivity index (χ4n) is 3.92. The fraction of sp³-hybridized carbons (Fsp3) is 0.423. The van der Waals surface area contributed by atoms with Crippen molar-refractivity contribution in [3.8, 4) is 23.1 Å². The number of amides is 2. The van der Waals surface area contributed by atoms with Crippen LogP contribution in [0.15, 0.2) is 36.4 Å². The van der Waals surface area contributed by atoms with Gasteiger partial charge in [-0.05, 0) is 55.4 Å². The van der Waals surface area contributed by atoms with E-state index in [4.69, 9.17) is 25.8 Å². The third-order valence-electron chi connectivity index (χ3n) is 6.04. The third-order valence-corrected chi connectivity index (χ3v) is 6.21. The highest BCUT2D eigenvalue weighted by Gasteiger charge is 2.17. The zero-order valence-electron chi connectivity index (χ0n) is 21.4. The van der Waals surface area contributed by atoms with Crippen molar-refractivity contribution < 1.29 is 19.0 Å². The molecule has 0 radical (unpaired) electrons. The van der Waals surface area contributed by atoms with Crippen molar-refractivity contribution in [1.29, 1.82) is 0 Å². The Bertz CT molecular complexity index is 1200. The molecule has 0 saturated carbocycles. The summed E-state index contributed by atoms with van der Waals surface area (Å²) in [5.41, 5.74) is 1.22. The molecule has 0 unspecified atom stereocenters. The number of carbonyl (C=O) groups excluding carboxylic acids is 1. The van der Waals surface area contributed by atoms with Gasteiger partial charge < -0.3 is 29.7 Å². The lowest BCUT2D eigenvalue weighted by Crippen LogP contribution is -2.45. The van der Waals surface area contributed by atoms with Crippen LogP contribution < -0.4 is 24.8 Å². The second-order valence-corrected chi connectivity index (χ2v) is 9.16. The highest BCUT2D eigenvalue weighted by atomic mass is 35.5. The van der Waals surface area contributed by atoms with Crippen molar-refractivity contribution in [3.05, 3.63) is 41.7 Å². The maximum absolute atomic E-state index is 11.9. The molecule has 3 aromatic rings. The number of nitrogens with one attached hydrogen (secondary N) is 2. The average Bonchev–Trinajstić information content (AvgIpc) is 2.89. The lowest BCUT2D eigenvalue weighted by Gasteiger charge is -2.32. The fourth-order valence-corrected chi connectivity index (χ4v) is 4.09. The summed E-state index contributed by atoms with van der Waals surface area (Å²) in [5.74, 6) is 1.96. The second-order valence-electron chi connectivity index (χ2n) is 8.82. The highest BCUT2D eigenvalue weighted by molar-refractivity contribution is 6.28. The van der Waals surface area contributed by atoms with E-state index in [2.05, 4.69) is 37.4 Å². The molecule has 0 aliphatic carbocycles. The number of nitrogens with zero attached hydrogens (tertiary/aromatic N) is 4. The van der Waals surface area contributed by atoms with Crippen molar-refractivity contribution in [1.82, 2.24) is 25.1 Å². The molecule has 2 N–H and O–H groups in total. The van der Waals surface area contributed by atoms with Gasteiger partial charge in [0, 0.05) is 51.0 Å². The Morgan fingerprint density at radius 3 is 2.54 bits per heavy atom. The summed E-state index contributed by atoms with van der Waals surface area (Å²) in [6, 6.07) is 10.3. The number of halogens is 1. The minimum Gasteiger partial charge on any atom is -0.493 e. The minimum atomic E-state index is -0.252. The normalized spacial score (nSPS) is 14.4. The Kier molecular flexibility index (Phi) is 9.21. The van der Waals surface area contributed by atoms with Crippen LogP contribution in [0.2, 0.25) is 5.28 Å². The van der Waals surface area contributed by atoms with Crippen molar-refractivity contribution in [2.24, 2.45) is 0 Å². The monoisotopic (exact) mass is 528 g/mol. The molecule has 0 spiro atoms. The number of rotatable bonds is 10. The van der Waals surface area contributed by atoms with Crippen molar-refractivity contribution >= 4 is 34.2 Å². The third kappa shape index (κ3) is 7.34. The number of hydrogen-bond acceptors (Lipinski definition) is 8. The van der Waals surface area contributed by atoms with Crippen molar-refractivity contribution in [3.63, 3.8) is 0 Å². The molecule has 10 nitrogen and oxygen atoms in total. The minimum absolute atomic E-state index is 0.0573. The van der Waals surface area contributed by atoms with E-state index < -0.39 is 0 Å². The van der Waals surface area contributed by atoms with E-state index in [1.54, 1.807) is 43.5 Å². The zero-order chi connectivity index (χ0) is 26.2. The molecule has 0 bridgehead atoms. The highest BCUT2D eigenvalue weighted by Crippen LogP contribution is 2.37. The second kappa shape index (κ2) is 12.8. The Morgan fingerprint density at radius 1 is 1.08 bits per heavy atom. The van der Waals surface area contributed by atoms with Gasteiger partial charge in [0.15, 0.2) is 11.5 Å². The van der Waals surface area contributed by atoms with Gasteiger partial charge >= 0.3 is 6.03 Å². The summed E-state index contributed by atoms with van der Waals surface area (Å²) in [6.45, 7) is 8.15. The van der Waals surface area contributed by atoms with Crippen molar-refractivity contribution in [2.45, 2.75) is 13.3 Å². The summed E-state index contributed by atoms with van der Waals surface area (Å²) in [7, 11) is 3.73. The van der Waals surface area contributed by atoms with Gasteiger partial charge in [0.05, 0.1) is 18.0 Å². The first-order valence-electron chi connectivity index (χ1n) is 12.4. The maximum Gasteiger partial charge on any atom is 0.319 e. The number of urea groups is 1. The first kappa shape index (κ1) is 26.7. The molecule has 1 saturated heterocycles. The number of methoxy groups -OCH3 is 1. The molecule has 11 heteroatoms. The zero-order valence-corrected chi connectivity index (χ0v) is 22.2. The number of aromatic nitrogens is 2. The van der Waals surface area contributed by atoms with E-state index >= 15 is 0 Å². The molecule has 2 amide bonds. The van der Waals surface area contributed by atoms with Crippen LogP contribution in [0.25, 0.3) is 10.9 Å². The van der Waals surface area contributed by atoms with Gasteiger partial charge in [-0.1, -0.05) is 6.92 Å². The molecule has 37 heavy (non-hydrogen) atoms. The Hall–Kier alpha value is -3.34. The van der Waals surface area contributed by atoms with Gasteiger partial charge in [0.25, 0.3) is 0 Å². The summed E-state index contributed by atoms with van der Waals surface area (Å²) >= 11 is 6.22. The Morgan fingerprint density at radius 2 is 1.84 bits per heavy atom. The summed E-state index contributed by atoms with van der Waals surface area (Å²) in [5, 5.41) is 6.24. The van der Waals surface area contributed by atoms with Gasteiger partial charge in [-0.25, -0.2) is 9.78 Å². The number of anilines is 1. The van der Waals surface area contributed by atoms with Crippen LogP contribution in [0.5, 0.6) is 23.1 Å². The molecule has 1 aliphatic rings. The Balaban J connectivity index is 1.46. The summed E-state index contributed by atoms with van der Waals surface area (Å²) in [6.07, 6.45) is 0.866. The van der Waals surface area contributed by atoms with E-state index in [-0.39, 0.29) is 11.3 Å². The smallest absolute Gasteiger partial charge is 0.319 e. The first-order valence-corrected chi connectivity index (χ1v) is 12.7. The van der Waals surface area contributed by atoms with Gasteiger partial charge in [-0.3, -0.25) is 4.90 Å². The van der Waals surface area contributed by atoms with E-state index in [0.29, 0.717) is 52.9 Å². The van der Waals surface area contributed by atoms with Crippen molar-refractivity contribution in [2.75, 3.05) is 65.3 Å². The predicted molar refractivity (Wildman–Crippen MR) is 144 cm³/mol. The quantitative estimate of drug-likeness (QED) is 0.377. The molecule has 198 valence electrons.